The lowest BCUT2D eigenvalue weighted by atomic mass is 9.86. The maximum atomic E-state index is 11.2. The molecule has 0 saturated heterocycles. The Kier molecular flexibility index (Phi) is 4.30. The number of anilines is 1. The third kappa shape index (κ3) is 3.40. The smallest absolute Gasteiger partial charge is 0.339 e. The van der Waals surface area contributed by atoms with Gasteiger partial charge in [-0.1, -0.05) is 13.3 Å². The number of rotatable bonds is 4. The molecule has 104 valence electrons. The zero-order chi connectivity index (χ0) is 13.8. The summed E-state index contributed by atoms with van der Waals surface area (Å²) in [4.78, 5) is 11.2. The van der Waals surface area contributed by atoms with E-state index in [9.17, 15) is 4.79 Å². The molecule has 3 N–H and O–H groups in total. The topological polar surface area (TPSA) is 72.5 Å². The van der Waals surface area contributed by atoms with Gasteiger partial charge in [-0.25, -0.2) is 4.79 Å². The van der Waals surface area contributed by atoms with Gasteiger partial charge in [-0.15, -0.1) is 0 Å². The summed E-state index contributed by atoms with van der Waals surface area (Å²) in [5, 5.41) is 9.15. The van der Waals surface area contributed by atoms with Crippen molar-refractivity contribution in [2.45, 2.75) is 45.1 Å². The van der Waals surface area contributed by atoms with Gasteiger partial charge in [-0.2, -0.15) is 0 Å². The molecule has 0 amide bonds. The quantitative estimate of drug-likeness (QED) is 0.817. The van der Waals surface area contributed by atoms with Crippen LogP contribution in [0.3, 0.4) is 0 Å². The van der Waals surface area contributed by atoms with Gasteiger partial charge in [0.1, 0.15) is 11.3 Å². The second-order valence-corrected chi connectivity index (χ2v) is 5.23. The van der Waals surface area contributed by atoms with Gasteiger partial charge < -0.3 is 15.6 Å². The Balaban J connectivity index is 2.06. The highest BCUT2D eigenvalue weighted by atomic mass is 16.5. The molecule has 1 aromatic rings. The molecule has 0 heterocycles. The van der Waals surface area contributed by atoms with Crippen LogP contribution < -0.4 is 10.5 Å². The van der Waals surface area contributed by atoms with Crippen LogP contribution in [-0.2, 0) is 0 Å². The van der Waals surface area contributed by atoms with Gasteiger partial charge in [-0.05, 0) is 43.7 Å². The first kappa shape index (κ1) is 13.7. The highest BCUT2D eigenvalue weighted by Gasteiger charge is 2.23. The first-order valence-electron chi connectivity index (χ1n) is 6.89. The van der Waals surface area contributed by atoms with E-state index in [1.54, 1.807) is 12.1 Å². The number of ether oxygens (including phenoxy) is 1. The third-order valence-electron chi connectivity index (χ3n) is 3.90. The van der Waals surface area contributed by atoms with E-state index in [1.165, 1.54) is 12.5 Å². The maximum Gasteiger partial charge on any atom is 0.339 e. The molecule has 0 spiro atoms. The minimum atomic E-state index is -0.975. The summed E-state index contributed by atoms with van der Waals surface area (Å²) in [6, 6.07) is 4.70. The summed E-state index contributed by atoms with van der Waals surface area (Å²) < 4.78 is 5.86. The lowest BCUT2D eigenvalue weighted by Gasteiger charge is -2.28. The van der Waals surface area contributed by atoms with Gasteiger partial charge in [0.2, 0.25) is 0 Å². The number of carboxylic acid groups (broad SMARTS) is 1. The molecule has 0 unspecified atom stereocenters. The molecule has 1 aliphatic carbocycles. The van der Waals surface area contributed by atoms with Crippen molar-refractivity contribution in [3.8, 4) is 5.75 Å². The molecule has 0 aliphatic heterocycles. The van der Waals surface area contributed by atoms with Crippen LogP contribution in [0.15, 0.2) is 18.2 Å². The number of aromatic carboxylic acids is 1. The first-order valence-corrected chi connectivity index (χ1v) is 6.89. The van der Waals surface area contributed by atoms with E-state index >= 15 is 0 Å². The molecule has 2 rings (SSSR count). The average Bonchev–Trinajstić information content (AvgIpc) is 2.39. The molecule has 4 nitrogen and oxygen atoms in total. The normalized spacial score (nSPS) is 23.0. The number of carbonyl (C=O) groups is 1. The van der Waals surface area contributed by atoms with Gasteiger partial charge >= 0.3 is 5.97 Å². The van der Waals surface area contributed by atoms with Gasteiger partial charge in [-0.3, -0.25) is 0 Å². The Morgan fingerprint density at radius 1 is 1.37 bits per heavy atom. The van der Waals surface area contributed by atoms with Gasteiger partial charge in [0.25, 0.3) is 0 Å². The summed E-state index contributed by atoms with van der Waals surface area (Å²) in [5.41, 5.74) is 6.42. The molecular weight excluding hydrogens is 242 g/mol. The van der Waals surface area contributed by atoms with Crippen molar-refractivity contribution in [2.24, 2.45) is 5.92 Å². The summed E-state index contributed by atoms with van der Waals surface area (Å²) in [7, 11) is 0. The molecule has 0 radical (unpaired) electrons. The van der Waals surface area contributed by atoms with Gasteiger partial charge in [0.15, 0.2) is 0 Å². The maximum absolute atomic E-state index is 11.2. The molecule has 1 aromatic carbocycles. The van der Waals surface area contributed by atoms with Crippen molar-refractivity contribution in [1.82, 2.24) is 0 Å². The molecule has 1 aliphatic rings. The van der Waals surface area contributed by atoms with E-state index in [0.29, 0.717) is 11.4 Å². The Labute approximate surface area is 113 Å². The van der Waals surface area contributed by atoms with Crippen LogP contribution in [0.4, 0.5) is 5.69 Å². The molecular formula is C15H21NO3. The van der Waals surface area contributed by atoms with E-state index in [1.807, 2.05) is 0 Å². The van der Waals surface area contributed by atoms with E-state index in [0.717, 1.165) is 31.6 Å². The molecule has 19 heavy (non-hydrogen) atoms. The predicted octanol–water partition coefficient (Wildman–Crippen LogP) is 3.31. The number of nitrogens with two attached hydrogens (primary N) is 1. The zero-order valence-corrected chi connectivity index (χ0v) is 11.3. The monoisotopic (exact) mass is 263 g/mol. The van der Waals surface area contributed by atoms with Crippen LogP contribution in [0.2, 0.25) is 0 Å². The van der Waals surface area contributed by atoms with Crippen molar-refractivity contribution < 1.29 is 14.6 Å². The molecule has 0 atom stereocenters. The van der Waals surface area contributed by atoms with Gasteiger partial charge in [0.05, 0.1) is 6.10 Å². The molecule has 0 bridgehead atoms. The van der Waals surface area contributed by atoms with E-state index in [-0.39, 0.29) is 11.7 Å². The summed E-state index contributed by atoms with van der Waals surface area (Å²) in [5.74, 6) is 0.212. The minimum absolute atomic E-state index is 0.114. The minimum Gasteiger partial charge on any atom is -0.489 e. The van der Waals surface area contributed by atoms with Gasteiger partial charge in [0, 0.05) is 11.8 Å². The summed E-state index contributed by atoms with van der Waals surface area (Å²) in [6.07, 6.45) is 5.63. The fourth-order valence-electron chi connectivity index (χ4n) is 2.65. The SMILES string of the molecule is CCC1CCC(Oc2cc(N)ccc2C(=O)O)CC1. The zero-order valence-electron chi connectivity index (χ0n) is 11.3. The molecule has 1 fully saturated rings. The highest BCUT2D eigenvalue weighted by molar-refractivity contribution is 5.91. The third-order valence-corrected chi connectivity index (χ3v) is 3.90. The second kappa shape index (κ2) is 5.95. The fourth-order valence-corrected chi connectivity index (χ4v) is 2.65. The molecule has 4 heteroatoms. The van der Waals surface area contributed by atoms with Crippen molar-refractivity contribution in [1.29, 1.82) is 0 Å². The van der Waals surface area contributed by atoms with E-state index < -0.39 is 5.97 Å². The number of hydrogen-bond donors (Lipinski definition) is 2. The van der Waals surface area contributed by atoms with Crippen LogP contribution >= 0.6 is 0 Å². The predicted molar refractivity (Wildman–Crippen MR) is 74.5 cm³/mol. The Hall–Kier alpha value is -1.71. The second-order valence-electron chi connectivity index (χ2n) is 5.23. The number of hydrogen-bond acceptors (Lipinski definition) is 3. The van der Waals surface area contributed by atoms with Crippen molar-refractivity contribution in [3.05, 3.63) is 23.8 Å². The average molecular weight is 263 g/mol. The van der Waals surface area contributed by atoms with Crippen LogP contribution in [0.5, 0.6) is 5.75 Å². The van der Waals surface area contributed by atoms with Crippen molar-refractivity contribution in [2.75, 3.05) is 5.73 Å². The molecule has 1 saturated carbocycles. The van der Waals surface area contributed by atoms with Crippen LogP contribution in [0.1, 0.15) is 49.4 Å². The van der Waals surface area contributed by atoms with Crippen LogP contribution in [-0.4, -0.2) is 17.2 Å². The van der Waals surface area contributed by atoms with Crippen molar-refractivity contribution in [3.63, 3.8) is 0 Å². The standard InChI is InChI=1S/C15H21NO3/c1-2-10-3-6-12(7-4-10)19-14-9-11(16)5-8-13(14)15(17)18/h5,8-10,12H,2-4,6-7,16H2,1H3,(H,17,18). The number of benzene rings is 1. The lowest BCUT2D eigenvalue weighted by molar-refractivity contribution is 0.0683. The van der Waals surface area contributed by atoms with Crippen LogP contribution in [0, 0.1) is 5.92 Å². The Morgan fingerprint density at radius 3 is 2.63 bits per heavy atom. The number of carboxylic acids is 1. The number of nitrogen functional groups attached to an aromatic ring is 1. The summed E-state index contributed by atoms with van der Waals surface area (Å²) in [6.45, 7) is 2.21. The van der Waals surface area contributed by atoms with Crippen LogP contribution in [0.25, 0.3) is 0 Å². The highest BCUT2D eigenvalue weighted by Crippen LogP contribution is 2.31. The molecule has 0 aromatic heterocycles. The van der Waals surface area contributed by atoms with E-state index in [4.69, 9.17) is 15.6 Å². The largest absolute Gasteiger partial charge is 0.489 e. The lowest BCUT2D eigenvalue weighted by Crippen LogP contribution is -2.24. The first-order chi connectivity index (χ1) is 9.10. The fraction of sp³-hybridized carbons (Fsp3) is 0.533. The van der Waals surface area contributed by atoms with Crippen molar-refractivity contribution >= 4 is 11.7 Å². The summed E-state index contributed by atoms with van der Waals surface area (Å²) >= 11 is 0. The Bertz CT molecular complexity index is 451. The Morgan fingerprint density at radius 2 is 2.05 bits per heavy atom. The van der Waals surface area contributed by atoms with E-state index in [2.05, 4.69) is 6.92 Å².